The number of carbonyl (C=O) groups is 1. The predicted octanol–water partition coefficient (Wildman–Crippen LogP) is 0.681. The van der Waals surface area contributed by atoms with Gasteiger partial charge in [0.25, 0.3) is 0 Å². The van der Waals surface area contributed by atoms with Gasteiger partial charge in [-0.1, -0.05) is 13.3 Å². The van der Waals surface area contributed by atoms with Crippen LogP contribution in [0.5, 0.6) is 0 Å². The Morgan fingerprint density at radius 2 is 2.12 bits per heavy atom. The summed E-state index contributed by atoms with van der Waals surface area (Å²) in [5.41, 5.74) is 0. The quantitative estimate of drug-likeness (QED) is 0.784. The van der Waals surface area contributed by atoms with Crippen LogP contribution in [0.15, 0.2) is 0 Å². The molecule has 2 heterocycles. The number of likely N-dealkylation sites (N-methyl/N-ethyl adjacent to an activating group) is 2. The van der Waals surface area contributed by atoms with Gasteiger partial charge in [0.1, 0.15) is 0 Å². The van der Waals surface area contributed by atoms with Crippen LogP contribution in [0.3, 0.4) is 0 Å². The van der Waals surface area contributed by atoms with Crippen LogP contribution in [0.25, 0.3) is 0 Å². The second-order valence-corrected chi connectivity index (χ2v) is 5.31. The van der Waals surface area contributed by atoms with Crippen LogP contribution < -0.4 is 5.32 Å². The smallest absolute Gasteiger partial charge is 0.239 e. The zero-order valence-electron chi connectivity index (χ0n) is 11.1. The molecule has 98 valence electrons. The van der Waals surface area contributed by atoms with Crippen LogP contribution in [0.2, 0.25) is 0 Å². The summed E-state index contributed by atoms with van der Waals surface area (Å²) in [6.07, 6.45) is 4.84. The number of hydrogen-bond donors (Lipinski definition) is 1. The first-order valence-electron chi connectivity index (χ1n) is 6.94. The Kier molecular flexibility index (Phi) is 4.40. The fourth-order valence-corrected chi connectivity index (χ4v) is 2.99. The van der Waals surface area contributed by atoms with E-state index in [-0.39, 0.29) is 6.04 Å². The van der Waals surface area contributed by atoms with E-state index in [1.807, 2.05) is 0 Å². The van der Waals surface area contributed by atoms with Gasteiger partial charge in [-0.2, -0.15) is 0 Å². The number of amides is 1. The lowest BCUT2D eigenvalue weighted by Crippen LogP contribution is -2.47. The lowest BCUT2D eigenvalue weighted by Gasteiger charge is -2.35. The van der Waals surface area contributed by atoms with E-state index < -0.39 is 0 Å². The van der Waals surface area contributed by atoms with Gasteiger partial charge in [0.2, 0.25) is 5.91 Å². The molecule has 0 bridgehead atoms. The minimum atomic E-state index is 0.0777. The Labute approximate surface area is 104 Å². The van der Waals surface area contributed by atoms with Crippen molar-refractivity contribution >= 4 is 5.91 Å². The standard InChI is InChI=1S/C13H25N3O/c1-3-14-12-7-9-16(13(12)17)10-11-6-4-5-8-15(11)2/h11-12,14H,3-10H2,1-2H3. The van der Waals surface area contributed by atoms with Gasteiger partial charge < -0.3 is 15.1 Å². The maximum Gasteiger partial charge on any atom is 0.239 e. The molecule has 4 heteroatoms. The van der Waals surface area contributed by atoms with Crippen LogP contribution in [-0.2, 0) is 4.79 Å². The highest BCUT2D eigenvalue weighted by molar-refractivity contribution is 5.84. The maximum absolute atomic E-state index is 12.1. The first kappa shape index (κ1) is 12.8. The van der Waals surface area contributed by atoms with Crippen molar-refractivity contribution in [3.8, 4) is 0 Å². The van der Waals surface area contributed by atoms with E-state index in [0.29, 0.717) is 11.9 Å². The molecule has 0 aromatic rings. The van der Waals surface area contributed by atoms with E-state index in [9.17, 15) is 4.79 Å². The van der Waals surface area contributed by atoms with Gasteiger partial charge >= 0.3 is 0 Å². The van der Waals surface area contributed by atoms with Crippen molar-refractivity contribution in [2.75, 3.05) is 33.2 Å². The second kappa shape index (κ2) is 5.83. The number of rotatable bonds is 4. The molecule has 2 atom stereocenters. The third-order valence-electron chi connectivity index (χ3n) is 4.10. The Hall–Kier alpha value is -0.610. The number of nitrogens with one attached hydrogen (secondary N) is 1. The van der Waals surface area contributed by atoms with Gasteiger partial charge in [0.05, 0.1) is 6.04 Å². The minimum Gasteiger partial charge on any atom is -0.340 e. The first-order valence-corrected chi connectivity index (χ1v) is 6.94. The molecular formula is C13H25N3O. The molecular weight excluding hydrogens is 214 g/mol. The predicted molar refractivity (Wildman–Crippen MR) is 68.9 cm³/mol. The molecule has 0 aromatic carbocycles. The van der Waals surface area contributed by atoms with Crippen molar-refractivity contribution in [2.24, 2.45) is 0 Å². The van der Waals surface area contributed by atoms with Gasteiger partial charge in [-0.3, -0.25) is 4.79 Å². The third kappa shape index (κ3) is 2.99. The number of carbonyl (C=O) groups excluding carboxylic acids is 1. The summed E-state index contributed by atoms with van der Waals surface area (Å²) in [5, 5.41) is 3.27. The molecule has 1 amide bonds. The van der Waals surface area contributed by atoms with E-state index in [0.717, 1.165) is 26.1 Å². The van der Waals surface area contributed by atoms with Gasteiger partial charge in [0, 0.05) is 19.1 Å². The number of likely N-dealkylation sites (tertiary alicyclic amines) is 2. The zero-order valence-corrected chi connectivity index (χ0v) is 11.1. The van der Waals surface area contributed by atoms with Crippen LogP contribution in [0.1, 0.15) is 32.6 Å². The molecule has 2 fully saturated rings. The molecule has 2 unspecified atom stereocenters. The molecule has 2 aliphatic rings. The summed E-state index contributed by atoms with van der Waals surface area (Å²) < 4.78 is 0. The molecule has 2 saturated heterocycles. The van der Waals surface area contributed by atoms with Crippen molar-refractivity contribution in [1.29, 1.82) is 0 Å². The molecule has 0 saturated carbocycles. The highest BCUT2D eigenvalue weighted by Crippen LogP contribution is 2.19. The van der Waals surface area contributed by atoms with Crippen LogP contribution in [0, 0.1) is 0 Å². The summed E-state index contributed by atoms with van der Waals surface area (Å²) >= 11 is 0. The van der Waals surface area contributed by atoms with Crippen molar-refractivity contribution in [3.63, 3.8) is 0 Å². The normalized spacial score (nSPS) is 31.2. The Bertz CT molecular complexity index is 269. The van der Waals surface area contributed by atoms with Crippen LogP contribution >= 0.6 is 0 Å². The minimum absolute atomic E-state index is 0.0777. The highest BCUT2D eigenvalue weighted by Gasteiger charge is 2.33. The molecule has 0 spiro atoms. The van der Waals surface area contributed by atoms with Gasteiger partial charge in [-0.05, 0) is 39.4 Å². The monoisotopic (exact) mass is 239 g/mol. The molecule has 2 aliphatic heterocycles. The van der Waals surface area contributed by atoms with Gasteiger partial charge in [-0.15, -0.1) is 0 Å². The molecule has 0 radical (unpaired) electrons. The number of hydrogen-bond acceptors (Lipinski definition) is 3. The van der Waals surface area contributed by atoms with E-state index in [4.69, 9.17) is 0 Å². The molecule has 2 rings (SSSR count). The topological polar surface area (TPSA) is 35.6 Å². The molecule has 0 aromatic heterocycles. The summed E-state index contributed by atoms with van der Waals surface area (Å²) in [4.78, 5) is 16.6. The van der Waals surface area contributed by atoms with Gasteiger partial charge in [0.15, 0.2) is 0 Å². The second-order valence-electron chi connectivity index (χ2n) is 5.31. The van der Waals surface area contributed by atoms with Crippen LogP contribution in [-0.4, -0.2) is 61.0 Å². The maximum atomic E-state index is 12.1. The summed E-state index contributed by atoms with van der Waals surface area (Å²) in [5.74, 6) is 0.311. The Balaban J connectivity index is 1.85. The molecule has 1 N–H and O–H groups in total. The van der Waals surface area contributed by atoms with E-state index in [1.54, 1.807) is 0 Å². The van der Waals surface area contributed by atoms with Crippen molar-refractivity contribution < 1.29 is 4.79 Å². The zero-order chi connectivity index (χ0) is 12.3. The number of piperidine rings is 1. The lowest BCUT2D eigenvalue weighted by atomic mass is 10.0. The van der Waals surface area contributed by atoms with Crippen molar-refractivity contribution in [3.05, 3.63) is 0 Å². The van der Waals surface area contributed by atoms with E-state index >= 15 is 0 Å². The molecule has 0 aliphatic carbocycles. The highest BCUT2D eigenvalue weighted by atomic mass is 16.2. The summed E-state index contributed by atoms with van der Waals surface area (Å²) in [6, 6.07) is 0.655. The number of nitrogens with zero attached hydrogens (tertiary/aromatic N) is 2. The summed E-state index contributed by atoms with van der Waals surface area (Å²) in [6.45, 7) is 5.99. The molecule has 17 heavy (non-hydrogen) atoms. The van der Waals surface area contributed by atoms with Crippen molar-refractivity contribution in [1.82, 2.24) is 15.1 Å². The SMILES string of the molecule is CCNC1CCN(CC2CCCCN2C)C1=O. The van der Waals surface area contributed by atoms with Crippen LogP contribution in [0.4, 0.5) is 0 Å². The molecule has 4 nitrogen and oxygen atoms in total. The fourth-order valence-electron chi connectivity index (χ4n) is 2.99. The average molecular weight is 239 g/mol. The van der Waals surface area contributed by atoms with Crippen molar-refractivity contribution in [2.45, 2.75) is 44.7 Å². The summed E-state index contributed by atoms with van der Waals surface area (Å²) in [7, 11) is 2.19. The third-order valence-corrected chi connectivity index (χ3v) is 4.10. The Morgan fingerprint density at radius 3 is 2.82 bits per heavy atom. The Morgan fingerprint density at radius 1 is 1.29 bits per heavy atom. The lowest BCUT2D eigenvalue weighted by molar-refractivity contribution is -0.130. The van der Waals surface area contributed by atoms with E-state index in [1.165, 1.54) is 25.8 Å². The van der Waals surface area contributed by atoms with E-state index in [2.05, 4.69) is 29.1 Å². The van der Waals surface area contributed by atoms with Gasteiger partial charge in [-0.25, -0.2) is 0 Å². The first-order chi connectivity index (χ1) is 8.22. The largest absolute Gasteiger partial charge is 0.340 e. The average Bonchev–Trinajstić information content (AvgIpc) is 2.65. The fraction of sp³-hybridized carbons (Fsp3) is 0.923.